The third kappa shape index (κ3) is 46.6. The number of amides is 1. The zero-order chi connectivity index (χ0) is 43.5. The van der Waals surface area contributed by atoms with Crippen LogP contribution >= 0.6 is 0 Å². The first-order chi connectivity index (χ1) is 29.7. The van der Waals surface area contributed by atoms with Crippen LogP contribution in [-0.4, -0.2) is 34.9 Å². The Morgan fingerprint density at radius 2 is 0.733 bits per heavy atom. The van der Waals surface area contributed by atoms with Crippen molar-refractivity contribution in [1.29, 1.82) is 0 Å². The molecule has 2 atom stereocenters. The molecular formula is C56H99NO3. The van der Waals surface area contributed by atoms with Gasteiger partial charge in [0.2, 0.25) is 5.91 Å². The SMILES string of the molecule is CC/C=C\C/C=C\C/C=C\C/C=C\C/C=C\C/C=C\CCCCCCCCCCCCC(=O)NC(CO)C(O)/C=C/CCCCCCCCCCCCCCCCCCC. The third-order valence-electron chi connectivity index (χ3n) is 11.4. The molecule has 0 aromatic carbocycles. The minimum Gasteiger partial charge on any atom is -0.394 e. The molecule has 0 fully saturated rings. The minimum atomic E-state index is -0.846. The van der Waals surface area contributed by atoms with E-state index in [1.165, 1.54) is 161 Å². The van der Waals surface area contributed by atoms with Crippen molar-refractivity contribution in [2.45, 2.75) is 257 Å². The maximum atomic E-state index is 12.4. The van der Waals surface area contributed by atoms with Gasteiger partial charge in [0, 0.05) is 6.42 Å². The first-order valence-electron chi connectivity index (χ1n) is 25.8. The van der Waals surface area contributed by atoms with Crippen LogP contribution in [0.4, 0.5) is 0 Å². The van der Waals surface area contributed by atoms with Crippen LogP contribution < -0.4 is 5.32 Å². The highest BCUT2D eigenvalue weighted by Crippen LogP contribution is 2.15. The number of rotatable bonds is 46. The lowest BCUT2D eigenvalue weighted by atomic mass is 10.0. The number of aliphatic hydroxyl groups excluding tert-OH is 2. The molecule has 2 unspecified atom stereocenters. The van der Waals surface area contributed by atoms with Gasteiger partial charge in [0.1, 0.15) is 0 Å². The summed E-state index contributed by atoms with van der Waals surface area (Å²) in [5.74, 6) is -0.0707. The smallest absolute Gasteiger partial charge is 0.220 e. The number of nitrogens with one attached hydrogen (secondary N) is 1. The Kier molecular flexibility index (Phi) is 48.9. The van der Waals surface area contributed by atoms with Crippen molar-refractivity contribution in [2.75, 3.05) is 6.61 Å². The van der Waals surface area contributed by atoms with E-state index in [-0.39, 0.29) is 12.5 Å². The Hall–Kier alpha value is -2.43. The van der Waals surface area contributed by atoms with Gasteiger partial charge >= 0.3 is 0 Å². The molecule has 0 aromatic heterocycles. The second-order valence-electron chi connectivity index (χ2n) is 17.2. The number of hydrogen-bond acceptors (Lipinski definition) is 3. The van der Waals surface area contributed by atoms with Crippen molar-refractivity contribution in [1.82, 2.24) is 5.32 Å². The van der Waals surface area contributed by atoms with Crippen molar-refractivity contribution in [3.8, 4) is 0 Å². The van der Waals surface area contributed by atoms with Crippen molar-refractivity contribution >= 4 is 5.91 Å². The summed E-state index contributed by atoms with van der Waals surface area (Å²) in [6.07, 6.45) is 74.3. The van der Waals surface area contributed by atoms with E-state index in [0.29, 0.717) is 6.42 Å². The monoisotopic (exact) mass is 834 g/mol. The molecule has 0 aliphatic rings. The second kappa shape index (κ2) is 50.9. The first-order valence-corrected chi connectivity index (χ1v) is 25.8. The van der Waals surface area contributed by atoms with Gasteiger partial charge in [0.25, 0.3) is 0 Å². The van der Waals surface area contributed by atoms with E-state index >= 15 is 0 Å². The summed E-state index contributed by atoms with van der Waals surface area (Å²) in [6.45, 7) is 4.20. The van der Waals surface area contributed by atoms with Crippen LogP contribution in [0.1, 0.15) is 245 Å². The number of hydrogen-bond donors (Lipinski definition) is 3. The highest BCUT2D eigenvalue weighted by atomic mass is 16.3. The highest BCUT2D eigenvalue weighted by molar-refractivity contribution is 5.76. The number of carbonyl (C=O) groups excluding carboxylic acids is 1. The van der Waals surface area contributed by atoms with Crippen molar-refractivity contribution in [3.63, 3.8) is 0 Å². The summed E-state index contributed by atoms with van der Waals surface area (Å²) in [4.78, 5) is 12.4. The summed E-state index contributed by atoms with van der Waals surface area (Å²) >= 11 is 0. The molecule has 0 aromatic rings. The van der Waals surface area contributed by atoms with Gasteiger partial charge in [-0.25, -0.2) is 0 Å². The Bertz CT molecular complexity index is 1080. The van der Waals surface area contributed by atoms with Gasteiger partial charge in [0.15, 0.2) is 0 Å². The lowest BCUT2D eigenvalue weighted by molar-refractivity contribution is -0.123. The molecule has 0 rings (SSSR count). The minimum absolute atomic E-state index is 0.0707. The molecule has 0 aliphatic heterocycles. The third-order valence-corrected chi connectivity index (χ3v) is 11.4. The zero-order valence-corrected chi connectivity index (χ0v) is 39.7. The van der Waals surface area contributed by atoms with E-state index in [2.05, 4.69) is 92.1 Å². The molecule has 60 heavy (non-hydrogen) atoms. The van der Waals surface area contributed by atoms with E-state index in [0.717, 1.165) is 64.2 Å². The highest BCUT2D eigenvalue weighted by Gasteiger charge is 2.18. The maximum Gasteiger partial charge on any atom is 0.220 e. The molecule has 0 bridgehead atoms. The molecule has 3 N–H and O–H groups in total. The predicted molar refractivity (Wildman–Crippen MR) is 267 cm³/mol. The van der Waals surface area contributed by atoms with E-state index in [1.807, 2.05) is 6.08 Å². The molecule has 0 saturated carbocycles. The zero-order valence-electron chi connectivity index (χ0n) is 39.7. The average Bonchev–Trinajstić information content (AvgIpc) is 3.25. The van der Waals surface area contributed by atoms with E-state index in [4.69, 9.17) is 0 Å². The summed E-state index contributed by atoms with van der Waals surface area (Å²) in [5.41, 5.74) is 0. The van der Waals surface area contributed by atoms with Crippen LogP contribution in [0.15, 0.2) is 85.1 Å². The van der Waals surface area contributed by atoms with Crippen molar-refractivity contribution in [2.24, 2.45) is 0 Å². The summed E-state index contributed by atoms with van der Waals surface area (Å²) in [6, 6.07) is -0.630. The van der Waals surface area contributed by atoms with Crippen LogP contribution in [0.2, 0.25) is 0 Å². The molecule has 0 spiro atoms. The molecule has 0 aliphatic carbocycles. The van der Waals surface area contributed by atoms with Gasteiger partial charge < -0.3 is 15.5 Å². The summed E-state index contributed by atoms with van der Waals surface area (Å²) < 4.78 is 0. The van der Waals surface area contributed by atoms with Gasteiger partial charge in [-0.3, -0.25) is 4.79 Å². The number of aliphatic hydroxyl groups is 2. The number of carbonyl (C=O) groups is 1. The standard InChI is InChI=1S/C56H99NO3/c1-3-5-7-9-11-13-15-17-19-21-23-24-25-26-27-28-29-30-31-32-34-36-38-40-42-44-46-48-50-52-56(60)57-54(53-58)55(59)51-49-47-45-43-41-39-37-35-33-22-20-18-16-14-12-10-8-6-4-2/h5,7,11,13,17,19,23-24,26-27,29-30,49,51,54-55,58-59H,3-4,6,8-10,12,14-16,18,20-22,25,28,31-48,50,52-53H2,1-2H3,(H,57,60)/b7-5-,13-11-,19-17-,24-23-,27-26-,30-29-,51-49+. The molecule has 1 amide bonds. The topological polar surface area (TPSA) is 69.6 Å². The number of allylic oxidation sites excluding steroid dienone is 13. The fraction of sp³-hybridized carbons (Fsp3) is 0.732. The van der Waals surface area contributed by atoms with E-state index in [1.54, 1.807) is 6.08 Å². The molecule has 0 saturated heterocycles. The fourth-order valence-electron chi connectivity index (χ4n) is 7.48. The Labute approximate surface area is 373 Å². The molecule has 4 heteroatoms. The lowest BCUT2D eigenvalue weighted by Gasteiger charge is -2.20. The summed E-state index contributed by atoms with van der Waals surface area (Å²) in [5, 5.41) is 23.1. The molecule has 0 radical (unpaired) electrons. The molecular weight excluding hydrogens is 735 g/mol. The molecule has 4 nitrogen and oxygen atoms in total. The van der Waals surface area contributed by atoms with Crippen LogP contribution in [0.3, 0.4) is 0 Å². The van der Waals surface area contributed by atoms with Crippen LogP contribution in [0.5, 0.6) is 0 Å². The van der Waals surface area contributed by atoms with E-state index in [9.17, 15) is 15.0 Å². The largest absolute Gasteiger partial charge is 0.394 e. The Morgan fingerprint density at radius 1 is 0.417 bits per heavy atom. The molecule has 346 valence electrons. The summed E-state index contributed by atoms with van der Waals surface area (Å²) in [7, 11) is 0. The van der Waals surface area contributed by atoms with Crippen LogP contribution in [-0.2, 0) is 4.79 Å². The van der Waals surface area contributed by atoms with Gasteiger partial charge in [-0.05, 0) is 70.6 Å². The fourth-order valence-corrected chi connectivity index (χ4v) is 7.48. The van der Waals surface area contributed by atoms with Crippen molar-refractivity contribution in [3.05, 3.63) is 85.1 Å². The van der Waals surface area contributed by atoms with Gasteiger partial charge in [-0.2, -0.15) is 0 Å². The average molecular weight is 834 g/mol. The van der Waals surface area contributed by atoms with Crippen molar-refractivity contribution < 1.29 is 15.0 Å². The Balaban J connectivity index is 3.58. The van der Waals surface area contributed by atoms with E-state index < -0.39 is 12.1 Å². The second-order valence-corrected chi connectivity index (χ2v) is 17.2. The normalized spacial score (nSPS) is 13.6. The molecule has 0 heterocycles. The Morgan fingerprint density at radius 3 is 1.10 bits per heavy atom. The van der Waals surface area contributed by atoms with Gasteiger partial charge in [-0.1, -0.05) is 253 Å². The van der Waals surface area contributed by atoms with Gasteiger partial charge in [0.05, 0.1) is 18.8 Å². The number of unbranched alkanes of at least 4 members (excludes halogenated alkanes) is 27. The van der Waals surface area contributed by atoms with Crippen LogP contribution in [0.25, 0.3) is 0 Å². The maximum absolute atomic E-state index is 12.4. The lowest BCUT2D eigenvalue weighted by Crippen LogP contribution is -2.45. The predicted octanol–water partition coefficient (Wildman–Crippen LogP) is 16.8. The van der Waals surface area contributed by atoms with Crippen LogP contribution in [0, 0.1) is 0 Å². The quantitative estimate of drug-likeness (QED) is 0.0423. The first kappa shape index (κ1) is 57.6. The van der Waals surface area contributed by atoms with Gasteiger partial charge in [-0.15, -0.1) is 0 Å².